The Labute approximate surface area is 97.8 Å². The van der Waals surface area contributed by atoms with Gasteiger partial charge in [-0.3, -0.25) is 0 Å². The predicted octanol–water partition coefficient (Wildman–Crippen LogP) is 1.79. The molecular weight excluding hydrogens is 260 g/mol. The minimum atomic E-state index is -0.890. The number of aliphatic hydroxyl groups excluding tert-OH is 2. The van der Waals surface area contributed by atoms with Crippen molar-refractivity contribution in [3.63, 3.8) is 0 Å². The Morgan fingerprint density at radius 3 is 2.60 bits per heavy atom. The van der Waals surface area contributed by atoms with Gasteiger partial charge < -0.3 is 14.9 Å². The summed E-state index contributed by atoms with van der Waals surface area (Å²) in [6, 6.07) is 5.39. The molecule has 0 heterocycles. The molecule has 0 spiro atoms. The van der Waals surface area contributed by atoms with Crippen molar-refractivity contribution in [2.24, 2.45) is 0 Å². The molecule has 0 amide bonds. The molecule has 0 saturated carbocycles. The third-order valence-electron chi connectivity index (χ3n) is 2.30. The zero-order chi connectivity index (χ0) is 11.4. The maximum atomic E-state index is 9.76. The van der Waals surface area contributed by atoms with Crippen molar-refractivity contribution in [3.05, 3.63) is 29.3 Å². The van der Waals surface area contributed by atoms with Gasteiger partial charge in [0.2, 0.25) is 0 Å². The molecule has 3 nitrogen and oxygen atoms in total. The molecule has 0 radical (unpaired) electrons. The van der Waals surface area contributed by atoms with Crippen LogP contribution < -0.4 is 4.74 Å². The van der Waals surface area contributed by atoms with Crippen molar-refractivity contribution in [2.45, 2.75) is 19.1 Å². The van der Waals surface area contributed by atoms with Crippen LogP contribution in [0.5, 0.6) is 5.75 Å². The first-order valence-corrected chi connectivity index (χ1v) is 5.79. The van der Waals surface area contributed by atoms with Gasteiger partial charge in [-0.1, -0.05) is 28.1 Å². The molecule has 0 aromatic heterocycles. The number of rotatable bonds is 4. The standard InChI is InChI=1S/C11H15BrO3/c1-7-3-4-8(5-10(7)15-2)11(14)9(13)6-12/h3-5,9,11,13-14H,6H2,1-2H3. The van der Waals surface area contributed by atoms with Gasteiger partial charge >= 0.3 is 0 Å². The van der Waals surface area contributed by atoms with Gasteiger partial charge in [0.25, 0.3) is 0 Å². The van der Waals surface area contributed by atoms with Gasteiger partial charge in [0.1, 0.15) is 11.9 Å². The zero-order valence-corrected chi connectivity index (χ0v) is 10.4. The lowest BCUT2D eigenvalue weighted by Gasteiger charge is -2.17. The Kier molecular flexibility index (Phi) is 4.57. The number of halogens is 1. The number of methoxy groups -OCH3 is 1. The largest absolute Gasteiger partial charge is 0.496 e. The second-order valence-corrected chi connectivity index (χ2v) is 4.04. The Balaban J connectivity index is 2.95. The summed E-state index contributed by atoms with van der Waals surface area (Å²) in [7, 11) is 1.58. The first kappa shape index (κ1) is 12.5. The van der Waals surface area contributed by atoms with Crippen LogP contribution in [0.3, 0.4) is 0 Å². The fourth-order valence-electron chi connectivity index (χ4n) is 1.33. The molecule has 1 aromatic rings. The van der Waals surface area contributed by atoms with Crippen molar-refractivity contribution >= 4 is 15.9 Å². The van der Waals surface area contributed by atoms with Crippen molar-refractivity contribution in [1.29, 1.82) is 0 Å². The van der Waals surface area contributed by atoms with Crippen LogP contribution in [0.25, 0.3) is 0 Å². The highest BCUT2D eigenvalue weighted by molar-refractivity contribution is 9.09. The summed E-state index contributed by atoms with van der Waals surface area (Å²) in [6.07, 6.45) is -1.70. The highest BCUT2D eigenvalue weighted by Gasteiger charge is 2.17. The lowest BCUT2D eigenvalue weighted by molar-refractivity contribution is 0.0341. The second kappa shape index (κ2) is 5.49. The van der Waals surface area contributed by atoms with Crippen LogP contribution in [-0.4, -0.2) is 28.8 Å². The third kappa shape index (κ3) is 2.93. The topological polar surface area (TPSA) is 49.7 Å². The van der Waals surface area contributed by atoms with E-state index in [0.717, 1.165) is 5.56 Å². The minimum Gasteiger partial charge on any atom is -0.496 e. The molecule has 15 heavy (non-hydrogen) atoms. The van der Waals surface area contributed by atoms with Crippen LogP contribution in [0, 0.1) is 6.92 Å². The molecule has 0 bridgehead atoms. The molecule has 0 aliphatic rings. The molecule has 4 heteroatoms. The fourth-order valence-corrected chi connectivity index (χ4v) is 1.68. The van der Waals surface area contributed by atoms with Crippen LogP contribution in [0.4, 0.5) is 0 Å². The quantitative estimate of drug-likeness (QED) is 0.824. The number of alkyl halides is 1. The molecule has 2 unspecified atom stereocenters. The Morgan fingerprint density at radius 2 is 2.07 bits per heavy atom. The summed E-state index contributed by atoms with van der Waals surface area (Å²) >= 11 is 3.12. The summed E-state index contributed by atoms with van der Waals surface area (Å²) in [6.45, 7) is 1.93. The van der Waals surface area contributed by atoms with Crippen LogP contribution in [0.2, 0.25) is 0 Å². The van der Waals surface area contributed by atoms with E-state index < -0.39 is 12.2 Å². The third-order valence-corrected chi connectivity index (χ3v) is 2.96. The van der Waals surface area contributed by atoms with Crippen LogP contribution in [-0.2, 0) is 0 Å². The average molecular weight is 275 g/mol. The van der Waals surface area contributed by atoms with Crippen molar-refractivity contribution in [2.75, 3.05) is 12.4 Å². The maximum absolute atomic E-state index is 9.76. The smallest absolute Gasteiger partial charge is 0.122 e. The SMILES string of the molecule is COc1cc(C(O)C(O)CBr)ccc1C. The van der Waals surface area contributed by atoms with Crippen molar-refractivity contribution < 1.29 is 14.9 Å². The minimum absolute atomic E-state index is 0.338. The van der Waals surface area contributed by atoms with Gasteiger partial charge in [0, 0.05) is 5.33 Å². The number of hydrogen-bond acceptors (Lipinski definition) is 3. The van der Waals surface area contributed by atoms with E-state index in [4.69, 9.17) is 4.74 Å². The van der Waals surface area contributed by atoms with E-state index in [1.54, 1.807) is 19.2 Å². The van der Waals surface area contributed by atoms with Gasteiger partial charge in [0.15, 0.2) is 0 Å². The van der Waals surface area contributed by atoms with E-state index in [9.17, 15) is 10.2 Å². The highest BCUT2D eigenvalue weighted by atomic mass is 79.9. The number of aryl methyl sites for hydroxylation is 1. The first-order valence-electron chi connectivity index (χ1n) is 4.66. The van der Waals surface area contributed by atoms with Crippen LogP contribution in [0.15, 0.2) is 18.2 Å². The van der Waals surface area contributed by atoms with Crippen molar-refractivity contribution in [3.8, 4) is 5.75 Å². The normalized spacial score (nSPS) is 14.7. The molecule has 2 atom stereocenters. The van der Waals surface area contributed by atoms with E-state index >= 15 is 0 Å². The first-order chi connectivity index (χ1) is 7.10. The van der Waals surface area contributed by atoms with Gasteiger partial charge in [-0.25, -0.2) is 0 Å². The summed E-state index contributed by atoms with van der Waals surface area (Å²) in [5, 5.41) is 19.6. The second-order valence-electron chi connectivity index (χ2n) is 3.40. The molecule has 1 aromatic carbocycles. The Bertz CT molecular complexity index is 328. The van der Waals surface area contributed by atoms with Gasteiger partial charge in [-0.05, 0) is 24.1 Å². The summed E-state index contributed by atoms with van der Waals surface area (Å²) < 4.78 is 5.14. The van der Waals surface area contributed by atoms with E-state index in [0.29, 0.717) is 16.6 Å². The summed E-state index contributed by atoms with van der Waals surface area (Å²) in [5.41, 5.74) is 1.66. The molecule has 84 valence electrons. The van der Waals surface area contributed by atoms with E-state index in [1.807, 2.05) is 13.0 Å². The molecule has 2 N–H and O–H groups in total. The number of hydrogen-bond donors (Lipinski definition) is 2. The fraction of sp³-hybridized carbons (Fsp3) is 0.455. The number of benzene rings is 1. The average Bonchev–Trinajstić information content (AvgIpc) is 2.27. The molecule has 0 aliphatic heterocycles. The maximum Gasteiger partial charge on any atom is 0.122 e. The summed E-state index contributed by atoms with van der Waals surface area (Å²) in [4.78, 5) is 0. The monoisotopic (exact) mass is 274 g/mol. The summed E-state index contributed by atoms with van der Waals surface area (Å²) in [5.74, 6) is 0.716. The number of aliphatic hydroxyl groups is 2. The predicted molar refractivity (Wildman–Crippen MR) is 62.5 cm³/mol. The molecular formula is C11H15BrO3. The van der Waals surface area contributed by atoms with Gasteiger partial charge in [-0.2, -0.15) is 0 Å². The van der Waals surface area contributed by atoms with E-state index in [1.165, 1.54) is 0 Å². The Morgan fingerprint density at radius 1 is 1.40 bits per heavy atom. The van der Waals surface area contributed by atoms with E-state index in [2.05, 4.69) is 15.9 Å². The molecule has 0 fully saturated rings. The van der Waals surface area contributed by atoms with Crippen LogP contribution >= 0.6 is 15.9 Å². The molecule has 0 aliphatic carbocycles. The van der Waals surface area contributed by atoms with Gasteiger partial charge in [0.05, 0.1) is 13.2 Å². The lowest BCUT2D eigenvalue weighted by atomic mass is 10.0. The molecule has 0 saturated heterocycles. The van der Waals surface area contributed by atoms with Crippen molar-refractivity contribution in [1.82, 2.24) is 0 Å². The van der Waals surface area contributed by atoms with Crippen LogP contribution in [0.1, 0.15) is 17.2 Å². The zero-order valence-electron chi connectivity index (χ0n) is 8.77. The van der Waals surface area contributed by atoms with E-state index in [-0.39, 0.29) is 0 Å². The highest BCUT2D eigenvalue weighted by Crippen LogP contribution is 2.25. The number of ether oxygens (including phenoxy) is 1. The lowest BCUT2D eigenvalue weighted by Crippen LogP contribution is -2.19. The Hall–Kier alpha value is -0.580. The van der Waals surface area contributed by atoms with Gasteiger partial charge in [-0.15, -0.1) is 0 Å². The molecule has 1 rings (SSSR count).